The maximum atomic E-state index is 12.3. The minimum atomic E-state index is -0.897. The molecule has 0 aromatic heterocycles. The molecule has 6 heteroatoms. The Morgan fingerprint density at radius 2 is 1.57 bits per heavy atom. The fourth-order valence-corrected chi connectivity index (χ4v) is 3.26. The third-order valence-electron chi connectivity index (χ3n) is 4.49. The predicted octanol–water partition coefficient (Wildman–Crippen LogP) is 3.97. The monoisotopic (exact) mass is 379 g/mol. The van der Waals surface area contributed by atoms with Gasteiger partial charge in [-0.3, -0.25) is 4.79 Å². The van der Waals surface area contributed by atoms with E-state index in [2.05, 4.69) is 5.32 Å². The highest BCUT2D eigenvalue weighted by Crippen LogP contribution is 2.35. The summed E-state index contributed by atoms with van der Waals surface area (Å²) in [7, 11) is 0. The third-order valence-corrected chi connectivity index (χ3v) is 4.49. The zero-order valence-electron chi connectivity index (χ0n) is 15.9. The first kappa shape index (κ1) is 19.2. The van der Waals surface area contributed by atoms with Crippen LogP contribution in [-0.2, 0) is 9.53 Å². The van der Waals surface area contributed by atoms with Gasteiger partial charge in [-0.2, -0.15) is 0 Å². The van der Waals surface area contributed by atoms with Crippen LogP contribution in [0.3, 0.4) is 0 Å². The van der Waals surface area contributed by atoms with Crippen LogP contribution in [-0.4, -0.2) is 28.7 Å². The SMILES string of the molecule is Cc1cc(C)c(NC(=O)COC(=O)c2cc(O)c3ccccc3c2O)c(C)c1. The van der Waals surface area contributed by atoms with Crippen LogP contribution in [0.4, 0.5) is 5.69 Å². The Morgan fingerprint density at radius 1 is 0.964 bits per heavy atom. The molecule has 3 rings (SSSR count). The predicted molar refractivity (Wildman–Crippen MR) is 107 cm³/mol. The van der Waals surface area contributed by atoms with Gasteiger partial charge in [0.05, 0.1) is 0 Å². The molecule has 28 heavy (non-hydrogen) atoms. The van der Waals surface area contributed by atoms with E-state index in [0.717, 1.165) is 22.8 Å². The normalized spacial score (nSPS) is 10.7. The standard InChI is InChI=1S/C22H21NO5/c1-12-8-13(2)20(14(3)9-12)23-19(25)11-28-22(27)17-10-18(24)15-6-4-5-7-16(15)21(17)26/h4-10,24,26H,11H2,1-3H3,(H,23,25). The van der Waals surface area contributed by atoms with Crippen molar-refractivity contribution in [3.63, 3.8) is 0 Å². The van der Waals surface area contributed by atoms with Gasteiger partial charge in [-0.05, 0) is 38.0 Å². The highest BCUT2D eigenvalue weighted by Gasteiger charge is 2.19. The number of anilines is 1. The second-order valence-corrected chi connectivity index (χ2v) is 6.74. The molecular formula is C22H21NO5. The summed E-state index contributed by atoms with van der Waals surface area (Å²) in [5.41, 5.74) is 3.39. The molecule has 0 aliphatic carbocycles. The first-order chi connectivity index (χ1) is 13.3. The van der Waals surface area contributed by atoms with Crippen LogP contribution >= 0.6 is 0 Å². The maximum Gasteiger partial charge on any atom is 0.342 e. The molecule has 0 bridgehead atoms. The lowest BCUT2D eigenvalue weighted by molar-refractivity contribution is -0.119. The number of hydrogen-bond donors (Lipinski definition) is 3. The molecule has 0 aliphatic rings. The number of nitrogens with one attached hydrogen (secondary N) is 1. The van der Waals surface area contributed by atoms with Crippen molar-refractivity contribution in [2.75, 3.05) is 11.9 Å². The van der Waals surface area contributed by atoms with Crippen molar-refractivity contribution >= 4 is 28.3 Å². The van der Waals surface area contributed by atoms with Crippen molar-refractivity contribution in [3.05, 3.63) is 64.7 Å². The molecule has 0 heterocycles. The minimum Gasteiger partial charge on any atom is -0.507 e. The summed E-state index contributed by atoms with van der Waals surface area (Å²) in [5.74, 6) is -1.85. The van der Waals surface area contributed by atoms with Crippen LogP contribution in [0.15, 0.2) is 42.5 Å². The number of phenols is 2. The Morgan fingerprint density at radius 3 is 2.21 bits per heavy atom. The Labute approximate surface area is 162 Å². The second kappa shape index (κ2) is 7.60. The van der Waals surface area contributed by atoms with E-state index in [-0.39, 0.29) is 17.1 Å². The van der Waals surface area contributed by atoms with Crippen molar-refractivity contribution in [1.29, 1.82) is 0 Å². The average molecular weight is 379 g/mol. The summed E-state index contributed by atoms with van der Waals surface area (Å²) < 4.78 is 5.03. The molecule has 3 N–H and O–H groups in total. The van der Waals surface area contributed by atoms with Gasteiger partial charge < -0.3 is 20.3 Å². The molecule has 0 unspecified atom stereocenters. The summed E-state index contributed by atoms with van der Waals surface area (Å²) in [6.07, 6.45) is 0. The van der Waals surface area contributed by atoms with Crippen molar-refractivity contribution in [3.8, 4) is 11.5 Å². The molecule has 1 amide bonds. The topological polar surface area (TPSA) is 95.9 Å². The van der Waals surface area contributed by atoms with E-state index < -0.39 is 18.5 Å². The van der Waals surface area contributed by atoms with Crippen molar-refractivity contribution in [2.45, 2.75) is 20.8 Å². The first-order valence-electron chi connectivity index (χ1n) is 8.76. The molecule has 0 saturated heterocycles. The van der Waals surface area contributed by atoms with Gasteiger partial charge >= 0.3 is 5.97 Å². The number of phenolic OH excluding ortho intramolecular Hbond substituents is 2. The highest BCUT2D eigenvalue weighted by molar-refractivity contribution is 6.04. The highest BCUT2D eigenvalue weighted by atomic mass is 16.5. The van der Waals surface area contributed by atoms with Gasteiger partial charge in [0.2, 0.25) is 0 Å². The second-order valence-electron chi connectivity index (χ2n) is 6.74. The van der Waals surface area contributed by atoms with E-state index in [0.29, 0.717) is 16.5 Å². The number of hydrogen-bond acceptors (Lipinski definition) is 5. The molecule has 0 fully saturated rings. The fraction of sp³-hybridized carbons (Fsp3) is 0.182. The molecule has 144 valence electrons. The van der Waals surface area contributed by atoms with E-state index in [9.17, 15) is 19.8 Å². The molecule has 0 spiro atoms. The summed E-state index contributed by atoms with van der Waals surface area (Å²) in [5, 5.41) is 23.9. The van der Waals surface area contributed by atoms with Gasteiger partial charge in [0.15, 0.2) is 6.61 Å². The summed E-state index contributed by atoms with van der Waals surface area (Å²) in [6, 6.07) is 11.6. The summed E-state index contributed by atoms with van der Waals surface area (Å²) in [4.78, 5) is 24.5. The Bertz CT molecular complexity index is 1060. The van der Waals surface area contributed by atoms with E-state index in [1.54, 1.807) is 24.3 Å². The largest absolute Gasteiger partial charge is 0.507 e. The number of esters is 1. The Kier molecular flexibility index (Phi) is 5.22. The van der Waals surface area contributed by atoms with Gasteiger partial charge in [0.25, 0.3) is 5.91 Å². The quantitative estimate of drug-likeness (QED) is 0.471. The molecule has 3 aromatic carbocycles. The number of carbonyl (C=O) groups is 2. The number of fused-ring (bicyclic) bond motifs is 1. The van der Waals surface area contributed by atoms with Gasteiger partial charge in [0, 0.05) is 16.5 Å². The van der Waals surface area contributed by atoms with Crippen LogP contribution in [0.1, 0.15) is 27.0 Å². The number of rotatable bonds is 4. The molecule has 0 saturated carbocycles. The lowest BCUT2D eigenvalue weighted by atomic mass is 10.0. The first-order valence-corrected chi connectivity index (χ1v) is 8.76. The Balaban J connectivity index is 1.73. The molecule has 6 nitrogen and oxygen atoms in total. The lowest BCUT2D eigenvalue weighted by Gasteiger charge is -2.13. The molecule has 0 radical (unpaired) electrons. The van der Waals surface area contributed by atoms with Crippen LogP contribution in [0.5, 0.6) is 11.5 Å². The van der Waals surface area contributed by atoms with Crippen molar-refractivity contribution < 1.29 is 24.5 Å². The van der Waals surface area contributed by atoms with Gasteiger partial charge in [-0.25, -0.2) is 4.79 Å². The minimum absolute atomic E-state index is 0.157. The molecular weight excluding hydrogens is 358 g/mol. The summed E-state index contributed by atoms with van der Waals surface area (Å²) >= 11 is 0. The number of aromatic hydroxyl groups is 2. The van der Waals surface area contributed by atoms with E-state index in [1.807, 2.05) is 32.9 Å². The van der Waals surface area contributed by atoms with Gasteiger partial charge in [-0.1, -0.05) is 42.0 Å². The Hall–Kier alpha value is -3.54. The van der Waals surface area contributed by atoms with Crippen LogP contribution in [0.2, 0.25) is 0 Å². The van der Waals surface area contributed by atoms with Crippen molar-refractivity contribution in [2.24, 2.45) is 0 Å². The van der Waals surface area contributed by atoms with Gasteiger partial charge in [0.1, 0.15) is 17.1 Å². The molecule has 0 aliphatic heterocycles. The van der Waals surface area contributed by atoms with Crippen LogP contribution in [0.25, 0.3) is 10.8 Å². The number of aryl methyl sites for hydroxylation is 3. The fourth-order valence-electron chi connectivity index (χ4n) is 3.26. The average Bonchev–Trinajstić information content (AvgIpc) is 2.65. The third kappa shape index (κ3) is 3.76. The lowest BCUT2D eigenvalue weighted by Crippen LogP contribution is -2.22. The van der Waals surface area contributed by atoms with Gasteiger partial charge in [-0.15, -0.1) is 0 Å². The maximum absolute atomic E-state index is 12.3. The number of benzene rings is 3. The molecule has 0 atom stereocenters. The smallest absolute Gasteiger partial charge is 0.342 e. The zero-order chi connectivity index (χ0) is 20.4. The van der Waals surface area contributed by atoms with Crippen LogP contribution in [0, 0.1) is 20.8 Å². The zero-order valence-corrected chi connectivity index (χ0v) is 15.9. The van der Waals surface area contributed by atoms with E-state index >= 15 is 0 Å². The summed E-state index contributed by atoms with van der Waals surface area (Å²) in [6.45, 7) is 5.23. The van der Waals surface area contributed by atoms with Crippen molar-refractivity contribution in [1.82, 2.24) is 0 Å². The molecule has 3 aromatic rings. The number of amides is 1. The number of ether oxygens (including phenoxy) is 1. The van der Waals surface area contributed by atoms with E-state index in [4.69, 9.17) is 4.74 Å². The van der Waals surface area contributed by atoms with E-state index in [1.165, 1.54) is 0 Å². The van der Waals surface area contributed by atoms with Crippen LogP contribution < -0.4 is 5.32 Å². The number of carbonyl (C=O) groups excluding carboxylic acids is 2.